The van der Waals surface area contributed by atoms with Crippen LogP contribution in [0.25, 0.3) is 0 Å². The maximum Gasteiger partial charge on any atom is 0.216 e. The van der Waals surface area contributed by atoms with Crippen molar-refractivity contribution in [3.63, 3.8) is 0 Å². The van der Waals surface area contributed by atoms with E-state index in [0.717, 1.165) is 0 Å². The summed E-state index contributed by atoms with van der Waals surface area (Å²) in [5.74, 6) is 0.494. The third-order valence-electron chi connectivity index (χ3n) is 2.00. The van der Waals surface area contributed by atoms with Gasteiger partial charge in [-0.15, -0.1) is 0 Å². The first kappa shape index (κ1) is 13.1. The Bertz CT molecular complexity index is 389. The molecular formula is C8H16N4O3S. The van der Waals surface area contributed by atoms with Crippen LogP contribution in [0.1, 0.15) is 12.7 Å². The van der Waals surface area contributed by atoms with Crippen LogP contribution in [0, 0.1) is 0 Å². The van der Waals surface area contributed by atoms with E-state index < -0.39 is 10.0 Å². The van der Waals surface area contributed by atoms with Crippen LogP contribution in [0.15, 0.2) is 6.33 Å². The number of rotatable bonds is 7. The van der Waals surface area contributed by atoms with Gasteiger partial charge in [-0.2, -0.15) is 9.40 Å². The Balaban J connectivity index is 2.48. The van der Waals surface area contributed by atoms with Gasteiger partial charge in [0.1, 0.15) is 12.2 Å². The van der Waals surface area contributed by atoms with Crippen LogP contribution in [-0.4, -0.2) is 53.9 Å². The van der Waals surface area contributed by atoms with Crippen molar-refractivity contribution in [2.75, 3.05) is 26.0 Å². The molecule has 1 aromatic heterocycles. The topological polar surface area (TPSA) is 88.2 Å². The number of sulfonamides is 1. The van der Waals surface area contributed by atoms with Crippen molar-refractivity contribution in [3.05, 3.63) is 12.2 Å². The van der Waals surface area contributed by atoms with Crippen LogP contribution in [0.3, 0.4) is 0 Å². The number of ether oxygens (including phenoxy) is 1. The third kappa shape index (κ3) is 3.87. The molecule has 1 heterocycles. The highest BCUT2D eigenvalue weighted by Crippen LogP contribution is 2.02. The SMILES string of the molecule is CCOCCS(=O)(=O)N(C)Cc1ncn[nH]1. The van der Waals surface area contributed by atoms with Crippen LogP contribution in [0.4, 0.5) is 0 Å². The molecule has 1 rings (SSSR count). The van der Waals surface area contributed by atoms with Crippen LogP contribution >= 0.6 is 0 Å². The molecule has 0 aliphatic rings. The normalized spacial score (nSPS) is 12.2. The van der Waals surface area contributed by atoms with E-state index in [-0.39, 0.29) is 18.9 Å². The van der Waals surface area contributed by atoms with Gasteiger partial charge in [0.2, 0.25) is 10.0 Å². The van der Waals surface area contributed by atoms with Gasteiger partial charge in [-0.25, -0.2) is 13.4 Å². The van der Waals surface area contributed by atoms with Crippen molar-refractivity contribution in [1.29, 1.82) is 0 Å². The first-order chi connectivity index (χ1) is 7.56. The molecule has 1 aromatic rings. The Morgan fingerprint density at radius 1 is 1.56 bits per heavy atom. The molecule has 0 saturated heterocycles. The quantitative estimate of drug-likeness (QED) is 0.663. The maximum absolute atomic E-state index is 11.7. The second-order valence-electron chi connectivity index (χ2n) is 3.20. The predicted octanol–water partition coefficient (Wildman–Crippen LogP) is -0.397. The van der Waals surface area contributed by atoms with Crippen molar-refractivity contribution in [2.24, 2.45) is 0 Å². The van der Waals surface area contributed by atoms with Gasteiger partial charge < -0.3 is 4.74 Å². The van der Waals surface area contributed by atoms with Gasteiger partial charge in [0.15, 0.2) is 0 Å². The van der Waals surface area contributed by atoms with E-state index in [9.17, 15) is 8.42 Å². The molecule has 92 valence electrons. The zero-order chi connectivity index (χ0) is 12.0. The number of H-pyrrole nitrogens is 1. The smallest absolute Gasteiger partial charge is 0.216 e. The number of hydrogen-bond acceptors (Lipinski definition) is 5. The minimum Gasteiger partial charge on any atom is -0.381 e. The first-order valence-corrected chi connectivity index (χ1v) is 6.53. The molecule has 0 fully saturated rings. The average molecular weight is 248 g/mol. The zero-order valence-electron chi connectivity index (χ0n) is 9.38. The maximum atomic E-state index is 11.7. The highest BCUT2D eigenvalue weighted by molar-refractivity contribution is 7.89. The summed E-state index contributed by atoms with van der Waals surface area (Å²) in [5.41, 5.74) is 0. The largest absolute Gasteiger partial charge is 0.381 e. The summed E-state index contributed by atoms with van der Waals surface area (Å²) in [5, 5.41) is 6.26. The van der Waals surface area contributed by atoms with Gasteiger partial charge in [0.25, 0.3) is 0 Å². The lowest BCUT2D eigenvalue weighted by atomic mass is 10.6. The summed E-state index contributed by atoms with van der Waals surface area (Å²) in [6, 6.07) is 0. The number of hydrogen-bond donors (Lipinski definition) is 1. The number of aromatic nitrogens is 3. The van der Waals surface area contributed by atoms with Gasteiger partial charge in [-0.05, 0) is 6.92 Å². The van der Waals surface area contributed by atoms with Crippen molar-refractivity contribution >= 4 is 10.0 Å². The molecule has 0 spiro atoms. The van der Waals surface area contributed by atoms with Gasteiger partial charge in [-0.1, -0.05) is 0 Å². The second-order valence-corrected chi connectivity index (χ2v) is 5.40. The Kier molecular flexibility index (Phi) is 4.84. The molecule has 16 heavy (non-hydrogen) atoms. The van der Waals surface area contributed by atoms with Gasteiger partial charge in [0, 0.05) is 13.7 Å². The third-order valence-corrected chi connectivity index (χ3v) is 3.76. The summed E-state index contributed by atoms with van der Waals surface area (Å²) in [7, 11) is -1.78. The molecular weight excluding hydrogens is 232 g/mol. The fraction of sp³-hybridized carbons (Fsp3) is 0.750. The molecule has 0 bridgehead atoms. The van der Waals surface area contributed by atoms with E-state index in [1.165, 1.54) is 17.7 Å². The number of aromatic amines is 1. The molecule has 7 nitrogen and oxygen atoms in total. The van der Waals surface area contributed by atoms with Gasteiger partial charge in [0.05, 0.1) is 18.9 Å². The van der Waals surface area contributed by atoms with Crippen molar-refractivity contribution in [1.82, 2.24) is 19.5 Å². The Morgan fingerprint density at radius 3 is 2.88 bits per heavy atom. The van der Waals surface area contributed by atoms with Crippen LogP contribution in [0.5, 0.6) is 0 Å². The molecule has 1 N–H and O–H groups in total. The lowest BCUT2D eigenvalue weighted by molar-refractivity contribution is 0.162. The fourth-order valence-corrected chi connectivity index (χ4v) is 2.04. The van der Waals surface area contributed by atoms with Crippen molar-refractivity contribution in [3.8, 4) is 0 Å². The van der Waals surface area contributed by atoms with Crippen LogP contribution in [-0.2, 0) is 21.3 Å². The summed E-state index contributed by atoms with van der Waals surface area (Å²) < 4.78 is 29.7. The number of nitrogens with one attached hydrogen (secondary N) is 1. The predicted molar refractivity (Wildman–Crippen MR) is 58.1 cm³/mol. The molecule has 0 saturated carbocycles. The second kappa shape index (κ2) is 5.92. The van der Waals surface area contributed by atoms with E-state index in [0.29, 0.717) is 12.4 Å². The molecule has 0 aliphatic carbocycles. The van der Waals surface area contributed by atoms with E-state index in [2.05, 4.69) is 15.2 Å². The monoisotopic (exact) mass is 248 g/mol. The summed E-state index contributed by atoms with van der Waals surface area (Å²) in [4.78, 5) is 3.86. The summed E-state index contributed by atoms with van der Waals surface area (Å²) >= 11 is 0. The molecule has 0 radical (unpaired) electrons. The molecule has 0 amide bonds. The molecule has 0 unspecified atom stereocenters. The zero-order valence-corrected chi connectivity index (χ0v) is 10.2. The van der Waals surface area contributed by atoms with E-state index in [1.54, 1.807) is 0 Å². The van der Waals surface area contributed by atoms with Gasteiger partial charge >= 0.3 is 0 Å². The molecule has 8 heteroatoms. The minimum absolute atomic E-state index is 0.0223. The lowest BCUT2D eigenvalue weighted by Gasteiger charge is -2.15. The van der Waals surface area contributed by atoms with Gasteiger partial charge in [-0.3, -0.25) is 5.10 Å². The minimum atomic E-state index is -3.29. The molecule has 0 aromatic carbocycles. The molecule has 0 atom stereocenters. The highest BCUT2D eigenvalue weighted by atomic mass is 32.2. The Morgan fingerprint density at radius 2 is 2.31 bits per heavy atom. The van der Waals surface area contributed by atoms with Crippen molar-refractivity contribution < 1.29 is 13.2 Å². The fourth-order valence-electron chi connectivity index (χ4n) is 1.08. The number of nitrogens with zero attached hydrogens (tertiary/aromatic N) is 3. The summed E-state index contributed by atoms with van der Waals surface area (Å²) in [6.07, 6.45) is 1.34. The Labute approximate surface area is 94.9 Å². The lowest BCUT2D eigenvalue weighted by Crippen LogP contribution is -2.30. The van der Waals surface area contributed by atoms with E-state index in [1.807, 2.05) is 6.92 Å². The van der Waals surface area contributed by atoms with Crippen LogP contribution in [0.2, 0.25) is 0 Å². The van der Waals surface area contributed by atoms with Crippen molar-refractivity contribution in [2.45, 2.75) is 13.5 Å². The average Bonchev–Trinajstić information content (AvgIpc) is 2.70. The molecule has 0 aliphatic heterocycles. The standard InChI is InChI=1S/C8H16N4O3S/c1-3-15-4-5-16(13,14)12(2)6-8-9-7-10-11-8/h7H,3-6H2,1-2H3,(H,9,10,11). The first-order valence-electron chi connectivity index (χ1n) is 4.92. The Hall–Kier alpha value is -0.990. The van der Waals surface area contributed by atoms with Crippen LogP contribution < -0.4 is 0 Å². The van der Waals surface area contributed by atoms with E-state index >= 15 is 0 Å². The van der Waals surface area contributed by atoms with E-state index in [4.69, 9.17) is 4.74 Å². The summed E-state index contributed by atoms with van der Waals surface area (Å²) in [6.45, 7) is 2.74. The highest BCUT2D eigenvalue weighted by Gasteiger charge is 2.18.